The van der Waals surface area contributed by atoms with Gasteiger partial charge in [0.05, 0.1) is 4.92 Å². The van der Waals surface area contributed by atoms with E-state index in [-0.39, 0.29) is 11.6 Å². The van der Waals surface area contributed by atoms with E-state index >= 15 is 0 Å². The van der Waals surface area contributed by atoms with Crippen LogP contribution in [0.25, 0.3) is 10.8 Å². The Morgan fingerprint density at radius 3 is 2.56 bits per heavy atom. The molecule has 6 heteroatoms. The highest BCUT2D eigenvalue weighted by atomic mass is 16.6. The molecule has 0 heterocycles. The zero-order valence-corrected chi connectivity index (χ0v) is 13.5. The first kappa shape index (κ1) is 16.4. The van der Waals surface area contributed by atoms with Crippen LogP contribution in [0.1, 0.15) is 6.92 Å². The lowest BCUT2D eigenvalue weighted by molar-refractivity contribution is -0.384. The zero-order valence-electron chi connectivity index (χ0n) is 13.5. The standard InChI is InChI=1S/C19H16N2O4/c1-13(19(22)20-16-7-4-8-17(12-16)21(23)24)25-18-10-9-14-5-2-3-6-15(14)11-18/h2-13H,1H3,(H,20,22). The fourth-order valence-electron chi connectivity index (χ4n) is 2.44. The van der Waals surface area contributed by atoms with Gasteiger partial charge in [0, 0.05) is 17.8 Å². The van der Waals surface area contributed by atoms with Crippen LogP contribution in [-0.2, 0) is 4.79 Å². The predicted octanol–water partition coefficient (Wildman–Crippen LogP) is 4.15. The minimum Gasteiger partial charge on any atom is -0.481 e. The monoisotopic (exact) mass is 336 g/mol. The molecular formula is C19H16N2O4. The van der Waals surface area contributed by atoms with Crippen molar-refractivity contribution in [2.75, 3.05) is 5.32 Å². The van der Waals surface area contributed by atoms with Crippen molar-refractivity contribution in [3.63, 3.8) is 0 Å². The van der Waals surface area contributed by atoms with Crippen LogP contribution in [0.5, 0.6) is 5.75 Å². The summed E-state index contributed by atoms with van der Waals surface area (Å²) < 4.78 is 5.69. The first-order valence-electron chi connectivity index (χ1n) is 7.74. The van der Waals surface area contributed by atoms with Crippen LogP contribution in [0.2, 0.25) is 0 Å². The fraction of sp³-hybridized carbons (Fsp3) is 0.105. The van der Waals surface area contributed by atoms with Crippen LogP contribution < -0.4 is 10.1 Å². The first-order chi connectivity index (χ1) is 12.0. The number of amides is 1. The van der Waals surface area contributed by atoms with Gasteiger partial charge < -0.3 is 10.1 Å². The van der Waals surface area contributed by atoms with E-state index in [9.17, 15) is 14.9 Å². The zero-order chi connectivity index (χ0) is 17.8. The van der Waals surface area contributed by atoms with E-state index in [1.807, 2.05) is 36.4 Å². The summed E-state index contributed by atoms with van der Waals surface area (Å²) in [5, 5.41) is 15.5. The molecule has 0 aliphatic rings. The van der Waals surface area contributed by atoms with Crippen molar-refractivity contribution < 1.29 is 14.5 Å². The Labute approximate surface area is 144 Å². The van der Waals surface area contributed by atoms with E-state index in [4.69, 9.17) is 4.74 Å². The maximum Gasteiger partial charge on any atom is 0.271 e. The molecule has 1 N–H and O–H groups in total. The van der Waals surface area contributed by atoms with E-state index < -0.39 is 11.0 Å². The van der Waals surface area contributed by atoms with Gasteiger partial charge >= 0.3 is 0 Å². The van der Waals surface area contributed by atoms with Gasteiger partial charge in [-0.1, -0.05) is 36.4 Å². The highest BCUT2D eigenvalue weighted by Gasteiger charge is 2.16. The molecule has 6 nitrogen and oxygen atoms in total. The van der Waals surface area contributed by atoms with E-state index in [1.54, 1.807) is 19.1 Å². The number of anilines is 1. The molecule has 0 aromatic heterocycles. The van der Waals surface area contributed by atoms with Crippen molar-refractivity contribution in [1.29, 1.82) is 0 Å². The van der Waals surface area contributed by atoms with Crippen molar-refractivity contribution in [3.8, 4) is 5.75 Å². The Hall–Kier alpha value is -3.41. The number of ether oxygens (including phenoxy) is 1. The molecule has 1 unspecified atom stereocenters. The van der Waals surface area contributed by atoms with E-state index in [0.717, 1.165) is 10.8 Å². The number of non-ortho nitro benzene ring substituents is 1. The Morgan fingerprint density at radius 2 is 1.80 bits per heavy atom. The van der Waals surface area contributed by atoms with Gasteiger partial charge in [0.25, 0.3) is 11.6 Å². The lowest BCUT2D eigenvalue weighted by atomic mass is 10.1. The lowest BCUT2D eigenvalue weighted by Crippen LogP contribution is -2.30. The summed E-state index contributed by atoms with van der Waals surface area (Å²) in [6.07, 6.45) is -0.750. The summed E-state index contributed by atoms with van der Waals surface area (Å²) in [6, 6.07) is 19.2. The van der Waals surface area contributed by atoms with Gasteiger partial charge in [0.2, 0.25) is 0 Å². The van der Waals surface area contributed by atoms with E-state index in [2.05, 4.69) is 5.32 Å². The van der Waals surface area contributed by atoms with Crippen molar-refractivity contribution in [1.82, 2.24) is 0 Å². The third-order valence-electron chi connectivity index (χ3n) is 3.73. The normalized spacial score (nSPS) is 11.7. The second-order valence-corrected chi connectivity index (χ2v) is 5.57. The van der Waals surface area contributed by atoms with Crippen molar-refractivity contribution >= 4 is 28.1 Å². The van der Waals surface area contributed by atoms with Gasteiger partial charge in [0.15, 0.2) is 6.10 Å². The summed E-state index contributed by atoms with van der Waals surface area (Å²) >= 11 is 0. The van der Waals surface area contributed by atoms with Gasteiger partial charge in [-0.05, 0) is 35.9 Å². The average Bonchev–Trinajstić information content (AvgIpc) is 2.61. The molecule has 0 bridgehead atoms. The van der Waals surface area contributed by atoms with Gasteiger partial charge in [-0.25, -0.2) is 0 Å². The average molecular weight is 336 g/mol. The summed E-state index contributed by atoms with van der Waals surface area (Å²) in [4.78, 5) is 22.5. The van der Waals surface area contributed by atoms with Crippen molar-refractivity contribution in [2.24, 2.45) is 0 Å². The number of nitrogens with one attached hydrogen (secondary N) is 1. The number of carbonyl (C=O) groups excluding carboxylic acids is 1. The highest BCUT2D eigenvalue weighted by molar-refractivity contribution is 5.94. The number of hydrogen-bond donors (Lipinski definition) is 1. The fourth-order valence-corrected chi connectivity index (χ4v) is 2.44. The van der Waals surface area contributed by atoms with Crippen LogP contribution >= 0.6 is 0 Å². The Balaban J connectivity index is 1.69. The van der Waals surface area contributed by atoms with Gasteiger partial charge in [0.1, 0.15) is 5.75 Å². The molecule has 25 heavy (non-hydrogen) atoms. The molecule has 0 saturated carbocycles. The maximum atomic E-state index is 12.3. The summed E-state index contributed by atoms with van der Waals surface area (Å²) in [7, 11) is 0. The Morgan fingerprint density at radius 1 is 1.04 bits per heavy atom. The van der Waals surface area contributed by atoms with Crippen LogP contribution in [-0.4, -0.2) is 16.9 Å². The SMILES string of the molecule is CC(Oc1ccc2ccccc2c1)C(=O)Nc1cccc([N+](=O)[O-])c1. The molecule has 3 aromatic carbocycles. The smallest absolute Gasteiger partial charge is 0.271 e. The highest BCUT2D eigenvalue weighted by Crippen LogP contribution is 2.22. The third-order valence-corrected chi connectivity index (χ3v) is 3.73. The van der Waals surface area contributed by atoms with E-state index in [0.29, 0.717) is 11.4 Å². The number of rotatable bonds is 5. The largest absolute Gasteiger partial charge is 0.481 e. The third kappa shape index (κ3) is 3.92. The second kappa shape index (κ2) is 7.00. The Bertz CT molecular complexity index is 939. The molecule has 126 valence electrons. The lowest BCUT2D eigenvalue weighted by Gasteiger charge is -2.15. The quantitative estimate of drug-likeness (QED) is 0.560. The molecule has 0 fully saturated rings. The molecule has 0 saturated heterocycles. The molecule has 0 spiro atoms. The maximum absolute atomic E-state index is 12.3. The first-order valence-corrected chi connectivity index (χ1v) is 7.74. The summed E-state index contributed by atoms with van der Waals surface area (Å²) in [5.74, 6) is 0.203. The number of hydrogen-bond acceptors (Lipinski definition) is 4. The molecule has 0 radical (unpaired) electrons. The number of nitro groups is 1. The summed E-state index contributed by atoms with van der Waals surface area (Å²) in [5.41, 5.74) is 0.272. The number of carbonyl (C=O) groups is 1. The molecular weight excluding hydrogens is 320 g/mol. The number of nitrogens with zero attached hydrogens (tertiary/aromatic N) is 1. The molecule has 3 aromatic rings. The van der Waals surface area contributed by atoms with Gasteiger partial charge in [-0.15, -0.1) is 0 Å². The number of fused-ring (bicyclic) bond motifs is 1. The predicted molar refractivity (Wildman–Crippen MR) is 95.8 cm³/mol. The molecule has 1 atom stereocenters. The van der Waals surface area contributed by atoms with Crippen LogP contribution in [0.3, 0.4) is 0 Å². The molecule has 0 aliphatic heterocycles. The van der Waals surface area contributed by atoms with Gasteiger partial charge in [-0.3, -0.25) is 14.9 Å². The Kier molecular flexibility index (Phi) is 4.61. The van der Waals surface area contributed by atoms with Crippen LogP contribution in [0, 0.1) is 10.1 Å². The number of nitro benzene ring substituents is 1. The summed E-state index contributed by atoms with van der Waals surface area (Å²) in [6.45, 7) is 1.63. The minimum atomic E-state index is -0.750. The van der Waals surface area contributed by atoms with Crippen LogP contribution in [0.15, 0.2) is 66.7 Å². The number of benzene rings is 3. The van der Waals surface area contributed by atoms with E-state index in [1.165, 1.54) is 18.2 Å². The minimum absolute atomic E-state index is 0.0825. The molecule has 3 rings (SSSR count). The van der Waals surface area contributed by atoms with Crippen molar-refractivity contribution in [2.45, 2.75) is 13.0 Å². The molecule has 0 aliphatic carbocycles. The second-order valence-electron chi connectivity index (χ2n) is 5.57. The van der Waals surface area contributed by atoms with Gasteiger partial charge in [-0.2, -0.15) is 0 Å². The topological polar surface area (TPSA) is 81.5 Å². The van der Waals surface area contributed by atoms with Crippen molar-refractivity contribution in [3.05, 3.63) is 76.8 Å². The van der Waals surface area contributed by atoms with Crippen LogP contribution in [0.4, 0.5) is 11.4 Å². The molecule has 1 amide bonds.